The fourth-order valence-electron chi connectivity index (χ4n) is 2.61. The molecule has 0 aliphatic carbocycles. The van der Waals surface area contributed by atoms with Crippen LogP contribution in [0.15, 0.2) is 21.5 Å². The predicted molar refractivity (Wildman–Crippen MR) is 105 cm³/mol. The maximum atomic E-state index is 5.93. The van der Waals surface area contributed by atoms with Crippen LogP contribution in [-0.4, -0.2) is 31.1 Å². The number of aromatic nitrogens is 1. The predicted octanol–water partition coefficient (Wildman–Crippen LogP) is 3.35. The van der Waals surface area contributed by atoms with Gasteiger partial charge in [-0.25, -0.2) is 4.98 Å². The minimum absolute atomic E-state index is 0.507. The van der Waals surface area contributed by atoms with E-state index in [4.69, 9.17) is 9.15 Å². The first-order valence-corrected chi connectivity index (χ1v) is 8.98. The number of benzene rings is 1. The molecule has 26 heavy (non-hydrogen) atoms. The molecule has 0 fully saturated rings. The van der Waals surface area contributed by atoms with E-state index >= 15 is 0 Å². The van der Waals surface area contributed by atoms with E-state index in [9.17, 15) is 0 Å². The number of ether oxygens (including phenoxy) is 1. The molecule has 142 valence electrons. The molecule has 6 heteroatoms. The van der Waals surface area contributed by atoms with Crippen molar-refractivity contribution in [3.8, 4) is 5.75 Å². The fraction of sp³-hybridized carbons (Fsp3) is 0.500. The van der Waals surface area contributed by atoms with Crippen molar-refractivity contribution in [3.05, 3.63) is 46.2 Å². The molecule has 0 saturated carbocycles. The van der Waals surface area contributed by atoms with E-state index in [1.165, 1.54) is 16.7 Å². The van der Waals surface area contributed by atoms with Crippen LogP contribution in [0, 0.1) is 34.6 Å². The molecule has 0 aliphatic heterocycles. The number of oxazole rings is 1. The largest absolute Gasteiger partial charge is 0.493 e. The summed E-state index contributed by atoms with van der Waals surface area (Å²) in [6.07, 6.45) is 0.879. The Labute approximate surface area is 156 Å². The zero-order valence-corrected chi connectivity index (χ0v) is 16.7. The van der Waals surface area contributed by atoms with Gasteiger partial charge in [-0.05, 0) is 63.8 Å². The second kappa shape index (κ2) is 9.27. The van der Waals surface area contributed by atoms with Crippen molar-refractivity contribution in [2.24, 2.45) is 4.99 Å². The molecule has 2 aromatic rings. The maximum Gasteiger partial charge on any atom is 0.214 e. The van der Waals surface area contributed by atoms with Crippen LogP contribution >= 0.6 is 0 Å². The van der Waals surface area contributed by atoms with Gasteiger partial charge in [0.1, 0.15) is 11.5 Å². The van der Waals surface area contributed by atoms with E-state index < -0.39 is 0 Å². The Balaban J connectivity index is 1.71. The van der Waals surface area contributed by atoms with Crippen LogP contribution in [0.5, 0.6) is 5.75 Å². The van der Waals surface area contributed by atoms with Crippen LogP contribution in [0.2, 0.25) is 0 Å². The Bertz CT molecular complexity index is 746. The van der Waals surface area contributed by atoms with Crippen molar-refractivity contribution in [1.29, 1.82) is 0 Å². The minimum Gasteiger partial charge on any atom is -0.493 e. The average molecular weight is 358 g/mol. The third-order valence-corrected chi connectivity index (χ3v) is 4.34. The Morgan fingerprint density at radius 1 is 1.15 bits per heavy atom. The number of nitrogens with zero attached hydrogens (tertiary/aromatic N) is 2. The van der Waals surface area contributed by atoms with Gasteiger partial charge in [0.25, 0.3) is 0 Å². The van der Waals surface area contributed by atoms with Crippen LogP contribution in [0.4, 0.5) is 0 Å². The summed E-state index contributed by atoms with van der Waals surface area (Å²) in [5.41, 5.74) is 4.61. The molecule has 0 saturated heterocycles. The normalized spacial score (nSPS) is 11.5. The topological polar surface area (TPSA) is 71.7 Å². The van der Waals surface area contributed by atoms with E-state index in [0.29, 0.717) is 19.0 Å². The Morgan fingerprint density at radius 2 is 1.92 bits per heavy atom. The monoisotopic (exact) mass is 358 g/mol. The van der Waals surface area contributed by atoms with E-state index in [1.807, 2.05) is 13.8 Å². The van der Waals surface area contributed by atoms with Gasteiger partial charge in [0.2, 0.25) is 5.89 Å². The second-order valence-corrected chi connectivity index (χ2v) is 6.51. The van der Waals surface area contributed by atoms with Crippen LogP contribution in [-0.2, 0) is 6.54 Å². The summed E-state index contributed by atoms with van der Waals surface area (Å²) in [6.45, 7) is 12.1. The number of rotatable bonds is 7. The number of aliphatic imine (C=N–C) groups is 1. The number of aryl methyl sites for hydroxylation is 4. The molecule has 2 N–H and O–H groups in total. The molecule has 0 bridgehead atoms. The summed E-state index contributed by atoms with van der Waals surface area (Å²) < 4.78 is 11.5. The van der Waals surface area contributed by atoms with Crippen molar-refractivity contribution >= 4 is 5.96 Å². The van der Waals surface area contributed by atoms with Gasteiger partial charge in [0.05, 0.1) is 18.8 Å². The molecule has 2 rings (SSSR count). The van der Waals surface area contributed by atoms with Crippen molar-refractivity contribution in [2.75, 3.05) is 20.2 Å². The molecular weight excluding hydrogens is 328 g/mol. The quantitative estimate of drug-likeness (QED) is 0.451. The van der Waals surface area contributed by atoms with Crippen LogP contribution in [0.3, 0.4) is 0 Å². The highest BCUT2D eigenvalue weighted by Crippen LogP contribution is 2.23. The van der Waals surface area contributed by atoms with E-state index in [0.717, 1.165) is 36.1 Å². The molecule has 6 nitrogen and oxygen atoms in total. The van der Waals surface area contributed by atoms with Gasteiger partial charge in [0.15, 0.2) is 5.96 Å². The molecule has 1 aromatic carbocycles. The van der Waals surface area contributed by atoms with E-state index in [1.54, 1.807) is 7.05 Å². The fourth-order valence-corrected chi connectivity index (χ4v) is 2.61. The van der Waals surface area contributed by atoms with E-state index in [2.05, 4.69) is 53.5 Å². The molecule has 0 aliphatic rings. The number of nitrogens with one attached hydrogen (secondary N) is 2. The number of guanidine groups is 1. The smallest absolute Gasteiger partial charge is 0.214 e. The van der Waals surface area contributed by atoms with Gasteiger partial charge in [0, 0.05) is 13.6 Å². The SMILES string of the molecule is CN=C(NCCCOc1cc(C)cc(C)c1C)NCc1nc(C)c(C)o1. The summed E-state index contributed by atoms with van der Waals surface area (Å²) in [7, 11) is 1.75. The highest BCUT2D eigenvalue weighted by Gasteiger charge is 2.07. The van der Waals surface area contributed by atoms with E-state index in [-0.39, 0.29) is 0 Å². The second-order valence-electron chi connectivity index (χ2n) is 6.51. The van der Waals surface area contributed by atoms with Crippen molar-refractivity contribution in [1.82, 2.24) is 15.6 Å². The van der Waals surface area contributed by atoms with Gasteiger partial charge in [-0.1, -0.05) is 6.07 Å². The summed E-state index contributed by atoms with van der Waals surface area (Å²) >= 11 is 0. The molecule has 1 heterocycles. The standard InChI is InChI=1S/C20H30N4O2/c1-13-10-14(2)15(3)18(11-13)25-9-7-8-22-20(21-6)23-12-19-24-16(4)17(5)26-19/h10-11H,7-9,12H2,1-6H3,(H2,21,22,23). The van der Waals surface area contributed by atoms with Gasteiger partial charge in [-0.3, -0.25) is 4.99 Å². The molecule has 0 amide bonds. The van der Waals surface area contributed by atoms with Crippen LogP contribution in [0.25, 0.3) is 0 Å². The van der Waals surface area contributed by atoms with Gasteiger partial charge >= 0.3 is 0 Å². The zero-order chi connectivity index (χ0) is 19.1. The lowest BCUT2D eigenvalue weighted by Gasteiger charge is -2.13. The summed E-state index contributed by atoms with van der Waals surface area (Å²) in [6, 6.07) is 4.27. The first-order valence-electron chi connectivity index (χ1n) is 8.98. The minimum atomic E-state index is 0.507. The number of hydrogen-bond acceptors (Lipinski definition) is 4. The van der Waals surface area contributed by atoms with Crippen LogP contribution < -0.4 is 15.4 Å². The average Bonchev–Trinajstić information content (AvgIpc) is 2.92. The highest BCUT2D eigenvalue weighted by molar-refractivity contribution is 5.79. The lowest BCUT2D eigenvalue weighted by atomic mass is 10.1. The third-order valence-electron chi connectivity index (χ3n) is 4.34. The van der Waals surface area contributed by atoms with Crippen molar-refractivity contribution in [3.63, 3.8) is 0 Å². The van der Waals surface area contributed by atoms with Crippen LogP contribution in [0.1, 0.15) is 40.5 Å². The molecule has 0 spiro atoms. The first kappa shape index (κ1) is 19.8. The van der Waals surface area contributed by atoms with Crippen molar-refractivity contribution < 1.29 is 9.15 Å². The maximum absolute atomic E-state index is 5.93. The summed E-state index contributed by atoms with van der Waals surface area (Å²) in [5.74, 6) is 3.21. The lowest BCUT2D eigenvalue weighted by Crippen LogP contribution is -2.37. The highest BCUT2D eigenvalue weighted by atomic mass is 16.5. The summed E-state index contributed by atoms with van der Waals surface area (Å²) in [5, 5.41) is 6.47. The molecule has 0 atom stereocenters. The third kappa shape index (κ3) is 5.51. The lowest BCUT2D eigenvalue weighted by molar-refractivity contribution is 0.308. The van der Waals surface area contributed by atoms with Crippen molar-refractivity contribution in [2.45, 2.75) is 47.6 Å². The first-order chi connectivity index (χ1) is 12.4. The Kier molecular flexibility index (Phi) is 7.06. The van der Waals surface area contributed by atoms with Gasteiger partial charge in [-0.2, -0.15) is 0 Å². The molecular formula is C20H30N4O2. The molecule has 0 unspecified atom stereocenters. The number of hydrogen-bond donors (Lipinski definition) is 2. The Hall–Kier alpha value is -2.50. The zero-order valence-electron chi connectivity index (χ0n) is 16.7. The summed E-state index contributed by atoms with van der Waals surface area (Å²) in [4.78, 5) is 8.56. The Morgan fingerprint density at radius 3 is 2.58 bits per heavy atom. The van der Waals surface area contributed by atoms with Gasteiger partial charge in [-0.15, -0.1) is 0 Å². The van der Waals surface area contributed by atoms with Gasteiger partial charge < -0.3 is 19.8 Å². The molecule has 1 aromatic heterocycles. The molecule has 0 radical (unpaired) electrons.